The average Bonchev–Trinajstić information content (AvgIpc) is 2.73. The van der Waals surface area contributed by atoms with Gasteiger partial charge in [0.2, 0.25) is 0 Å². The summed E-state index contributed by atoms with van der Waals surface area (Å²) < 4.78 is 2.10. The topological polar surface area (TPSA) is 38.0 Å². The molecular weight excluding hydrogens is 212 g/mol. The molecule has 0 amide bonds. The van der Waals surface area contributed by atoms with Crippen molar-refractivity contribution in [3.05, 3.63) is 30.7 Å². The van der Waals surface area contributed by atoms with Crippen LogP contribution in [-0.2, 0) is 6.54 Å². The summed E-state index contributed by atoms with van der Waals surface area (Å²) in [6.07, 6.45) is 8.30. The molecule has 0 aliphatic carbocycles. The van der Waals surface area contributed by atoms with Gasteiger partial charge in [0.05, 0.1) is 23.9 Å². The van der Waals surface area contributed by atoms with Crippen LogP contribution in [0.25, 0.3) is 10.9 Å². The van der Waals surface area contributed by atoms with Crippen LogP contribution in [0, 0.1) is 0 Å². The van der Waals surface area contributed by atoms with E-state index in [0.717, 1.165) is 24.8 Å². The van der Waals surface area contributed by atoms with Gasteiger partial charge >= 0.3 is 0 Å². The molecule has 2 aromatic heterocycles. The molecule has 0 saturated heterocycles. The number of hydrogen-bond acceptors (Lipinski definition) is 2. The second kappa shape index (κ2) is 4.88. The number of pyridine rings is 1. The molecule has 1 atom stereocenters. The van der Waals surface area contributed by atoms with E-state index in [0.29, 0.717) is 6.54 Å². The summed E-state index contributed by atoms with van der Waals surface area (Å²) in [7, 11) is 0. The lowest BCUT2D eigenvalue weighted by Crippen LogP contribution is -2.33. The van der Waals surface area contributed by atoms with Gasteiger partial charge in [0.25, 0.3) is 0 Å². The van der Waals surface area contributed by atoms with Crippen LogP contribution >= 0.6 is 0 Å². The number of fused-ring (bicyclic) bond motifs is 1. The Hall–Kier alpha value is -1.35. The van der Waals surface area contributed by atoms with Crippen molar-refractivity contribution >= 4 is 10.9 Å². The average molecular weight is 232 g/mol. The molecule has 3 nitrogen and oxygen atoms in total. The van der Waals surface area contributed by atoms with Crippen LogP contribution in [-0.4, -0.2) is 20.3 Å². The van der Waals surface area contributed by atoms with Gasteiger partial charge < -0.3 is 9.67 Å². The van der Waals surface area contributed by atoms with E-state index in [1.807, 2.05) is 25.4 Å². The lowest BCUT2D eigenvalue weighted by atomic mass is 9.95. The predicted molar refractivity (Wildman–Crippen MR) is 69.9 cm³/mol. The summed E-state index contributed by atoms with van der Waals surface area (Å²) >= 11 is 0. The molecule has 1 N–H and O–H groups in total. The summed E-state index contributed by atoms with van der Waals surface area (Å²) in [5.41, 5.74) is 0.492. The van der Waals surface area contributed by atoms with E-state index in [1.165, 1.54) is 5.39 Å². The molecule has 0 radical (unpaired) electrons. The highest BCUT2D eigenvalue weighted by atomic mass is 16.3. The predicted octanol–water partition coefficient (Wildman–Crippen LogP) is 2.98. The van der Waals surface area contributed by atoms with Crippen LogP contribution in [0.2, 0.25) is 0 Å². The Bertz CT molecular complexity index is 492. The van der Waals surface area contributed by atoms with Crippen LogP contribution in [0.4, 0.5) is 0 Å². The van der Waals surface area contributed by atoms with E-state index in [9.17, 15) is 5.11 Å². The maximum absolute atomic E-state index is 10.5. The quantitative estimate of drug-likeness (QED) is 0.860. The molecule has 2 rings (SSSR count). The minimum Gasteiger partial charge on any atom is -0.388 e. The lowest BCUT2D eigenvalue weighted by molar-refractivity contribution is 0.0109. The third-order valence-electron chi connectivity index (χ3n) is 3.41. The highest BCUT2D eigenvalue weighted by Gasteiger charge is 2.24. The SMILES string of the molecule is CCCC(O)(CC)Cn1ccc2ccncc21. The molecule has 92 valence electrons. The maximum Gasteiger partial charge on any atom is 0.0823 e. The Morgan fingerprint density at radius 1 is 1.35 bits per heavy atom. The zero-order chi connectivity index (χ0) is 12.3. The molecular formula is C14H20N2O. The number of aliphatic hydroxyl groups is 1. The Morgan fingerprint density at radius 3 is 2.88 bits per heavy atom. The first kappa shape index (κ1) is 12.1. The third-order valence-corrected chi connectivity index (χ3v) is 3.41. The van der Waals surface area contributed by atoms with Gasteiger partial charge in [0.1, 0.15) is 0 Å². The molecule has 2 aromatic rings. The Labute approximate surface area is 102 Å². The molecule has 0 spiro atoms. The van der Waals surface area contributed by atoms with Gasteiger partial charge in [-0.3, -0.25) is 4.98 Å². The number of hydrogen-bond donors (Lipinski definition) is 1. The second-order valence-electron chi connectivity index (χ2n) is 4.71. The van der Waals surface area contributed by atoms with Crippen molar-refractivity contribution in [1.82, 2.24) is 9.55 Å². The molecule has 17 heavy (non-hydrogen) atoms. The van der Waals surface area contributed by atoms with Gasteiger partial charge in [-0.25, -0.2) is 0 Å². The molecule has 1 unspecified atom stereocenters. The van der Waals surface area contributed by atoms with Crippen molar-refractivity contribution in [3.63, 3.8) is 0 Å². The molecule has 0 saturated carbocycles. The first-order valence-electron chi connectivity index (χ1n) is 6.30. The van der Waals surface area contributed by atoms with Gasteiger partial charge in [0.15, 0.2) is 0 Å². The zero-order valence-corrected chi connectivity index (χ0v) is 10.6. The molecule has 0 aromatic carbocycles. The smallest absolute Gasteiger partial charge is 0.0823 e. The first-order chi connectivity index (χ1) is 8.18. The summed E-state index contributed by atoms with van der Waals surface area (Å²) in [5.74, 6) is 0. The Kier molecular flexibility index (Phi) is 3.48. The summed E-state index contributed by atoms with van der Waals surface area (Å²) in [6, 6.07) is 4.07. The fourth-order valence-electron chi connectivity index (χ4n) is 2.32. The van der Waals surface area contributed by atoms with Gasteiger partial charge in [0, 0.05) is 17.8 Å². The van der Waals surface area contributed by atoms with E-state index in [4.69, 9.17) is 0 Å². The molecule has 2 heterocycles. The van der Waals surface area contributed by atoms with Gasteiger partial charge in [-0.05, 0) is 25.0 Å². The fraction of sp³-hybridized carbons (Fsp3) is 0.500. The summed E-state index contributed by atoms with van der Waals surface area (Å²) in [4.78, 5) is 4.15. The fourth-order valence-corrected chi connectivity index (χ4v) is 2.32. The van der Waals surface area contributed by atoms with Crippen LogP contribution in [0.15, 0.2) is 30.7 Å². The number of aromatic nitrogens is 2. The molecule has 0 aliphatic rings. The Balaban J connectivity index is 2.28. The molecule has 0 fully saturated rings. The van der Waals surface area contributed by atoms with Crippen molar-refractivity contribution in [2.45, 2.75) is 45.3 Å². The normalized spacial score (nSPS) is 15.0. The van der Waals surface area contributed by atoms with E-state index >= 15 is 0 Å². The summed E-state index contributed by atoms with van der Waals surface area (Å²) in [6.45, 7) is 4.79. The van der Waals surface area contributed by atoms with Crippen LogP contribution in [0.1, 0.15) is 33.1 Å². The van der Waals surface area contributed by atoms with Crippen molar-refractivity contribution in [2.75, 3.05) is 0 Å². The molecule has 0 aliphatic heterocycles. The number of rotatable bonds is 5. The third kappa shape index (κ3) is 2.50. The Morgan fingerprint density at radius 2 is 2.18 bits per heavy atom. The van der Waals surface area contributed by atoms with Crippen LogP contribution in [0.3, 0.4) is 0 Å². The minimum absolute atomic E-state index is 0.601. The summed E-state index contributed by atoms with van der Waals surface area (Å²) in [5, 5.41) is 11.7. The maximum atomic E-state index is 10.5. The number of nitrogens with zero attached hydrogens (tertiary/aromatic N) is 2. The monoisotopic (exact) mass is 232 g/mol. The minimum atomic E-state index is -0.601. The van der Waals surface area contributed by atoms with Crippen LogP contribution in [0.5, 0.6) is 0 Å². The standard InChI is InChI=1S/C14H20N2O/c1-3-7-14(17,4-2)11-16-9-6-12-5-8-15-10-13(12)16/h5-6,8-10,17H,3-4,7,11H2,1-2H3. The molecule has 0 bridgehead atoms. The second-order valence-corrected chi connectivity index (χ2v) is 4.71. The van der Waals surface area contributed by atoms with Crippen molar-refractivity contribution in [2.24, 2.45) is 0 Å². The highest BCUT2D eigenvalue weighted by molar-refractivity contribution is 5.78. The lowest BCUT2D eigenvalue weighted by Gasteiger charge is -2.27. The van der Waals surface area contributed by atoms with E-state index < -0.39 is 5.60 Å². The zero-order valence-electron chi connectivity index (χ0n) is 10.6. The van der Waals surface area contributed by atoms with E-state index in [1.54, 1.807) is 6.20 Å². The first-order valence-corrected chi connectivity index (χ1v) is 6.30. The van der Waals surface area contributed by atoms with E-state index in [-0.39, 0.29) is 0 Å². The highest BCUT2D eigenvalue weighted by Crippen LogP contribution is 2.23. The van der Waals surface area contributed by atoms with Gasteiger partial charge in [-0.15, -0.1) is 0 Å². The van der Waals surface area contributed by atoms with Gasteiger partial charge in [-0.2, -0.15) is 0 Å². The van der Waals surface area contributed by atoms with Crippen molar-refractivity contribution in [1.29, 1.82) is 0 Å². The van der Waals surface area contributed by atoms with Crippen LogP contribution < -0.4 is 0 Å². The van der Waals surface area contributed by atoms with Crippen molar-refractivity contribution in [3.8, 4) is 0 Å². The van der Waals surface area contributed by atoms with E-state index in [2.05, 4.69) is 22.5 Å². The van der Waals surface area contributed by atoms with Crippen molar-refractivity contribution < 1.29 is 5.11 Å². The largest absolute Gasteiger partial charge is 0.388 e. The van der Waals surface area contributed by atoms with Gasteiger partial charge in [-0.1, -0.05) is 20.3 Å². The molecule has 3 heteroatoms.